The molecule has 0 saturated heterocycles. The molecule has 1 heterocycles. The monoisotopic (exact) mass is 277 g/mol. The van der Waals surface area contributed by atoms with Gasteiger partial charge in [-0.25, -0.2) is 14.2 Å². The Kier molecular flexibility index (Phi) is 4.14. The van der Waals surface area contributed by atoms with Crippen molar-refractivity contribution in [3.05, 3.63) is 53.5 Å². The molecule has 104 valence electrons. The van der Waals surface area contributed by atoms with Gasteiger partial charge in [-0.2, -0.15) is 0 Å². The first-order chi connectivity index (χ1) is 9.61. The summed E-state index contributed by atoms with van der Waals surface area (Å²) in [5.41, 5.74) is 0.434. The molecule has 0 fully saturated rings. The Bertz CT molecular complexity index is 630. The van der Waals surface area contributed by atoms with E-state index in [1.165, 1.54) is 13.2 Å². The molecule has 20 heavy (non-hydrogen) atoms. The van der Waals surface area contributed by atoms with E-state index in [-0.39, 0.29) is 17.9 Å². The molecule has 5 nitrogen and oxygen atoms in total. The number of nitrogens with zero attached hydrogens (tertiary/aromatic N) is 1. The Labute approximate surface area is 114 Å². The van der Waals surface area contributed by atoms with Crippen molar-refractivity contribution >= 4 is 5.97 Å². The smallest absolute Gasteiger partial charge is 0.339 e. The van der Waals surface area contributed by atoms with Crippen LogP contribution in [0, 0.1) is 5.82 Å². The molecule has 1 N–H and O–H groups in total. The van der Waals surface area contributed by atoms with E-state index in [0.717, 1.165) is 12.1 Å². The van der Waals surface area contributed by atoms with Crippen LogP contribution < -0.4 is 9.47 Å². The van der Waals surface area contributed by atoms with Crippen LogP contribution in [-0.4, -0.2) is 23.2 Å². The number of aromatic nitrogens is 1. The summed E-state index contributed by atoms with van der Waals surface area (Å²) in [6.45, 7) is 0.0723. The van der Waals surface area contributed by atoms with Crippen LogP contribution in [0.5, 0.6) is 11.6 Å². The van der Waals surface area contributed by atoms with Gasteiger partial charge in [0, 0.05) is 6.20 Å². The number of hydrogen-bond donors (Lipinski definition) is 1. The number of rotatable bonds is 5. The minimum absolute atomic E-state index is 0.0723. The van der Waals surface area contributed by atoms with Crippen LogP contribution in [0.25, 0.3) is 0 Å². The molecule has 0 aliphatic carbocycles. The Morgan fingerprint density at radius 2 is 2.20 bits per heavy atom. The molecule has 2 rings (SSSR count). The van der Waals surface area contributed by atoms with Gasteiger partial charge in [0.1, 0.15) is 23.7 Å². The van der Waals surface area contributed by atoms with Gasteiger partial charge in [-0.3, -0.25) is 0 Å². The minimum Gasteiger partial charge on any atom is -0.488 e. The van der Waals surface area contributed by atoms with Crippen molar-refractivity contribution in [2.45, 2.75) is 6.61 Å². The van der Waals surface area contributed by atoms with Gasteiger partial charge in [-0.1, -0.05) is 0 Å². The Morgan fingerprint density at radius 1 is 1.40 bits per heavy atom. The van der Waals surface area contributed by atoms with Crippen molar-refractivity contribution in [3.63, 3.8) is 0 Å². The quantitative estimate of drug-likeness (QED) is 0.909. The third-order valence-electron chi connectivity index (χ3n) is 2.60. The maximum atomic E-state index is 13.0. The number of carbonyl (C=O) groups is 1. The van der Waals surface area contributed by atoms with Crippen LogP contribution in [-0.2, 0) is 6.61 Å². The zero-order valence-corrected chi connectivity index (χ0v) is 10.7. The topological polar surface area (TPSA) is 68.7 Å². The molecule has 0 radical (unpaired) electrons. The average molecular weight is 277 g/mol. The van der Waals surface area contributed by atoms with Gasteiger partial charge in [-0.05, 0) is 30.3 Å². The van der Waals surface area contributed by atoms with Crippen LogP contribution in [0.4, 0.5) is 4.39 Å². The van der Waals surface area contributed by atoms with Gasteiger partial charge in [0.2, 0.25) is 5.88 Å². The van der Waals surface area contributed by atoms with Crippen LogP contribution in [0.15, 0.2) is 36.5 Å². The highest BCUT2D eigenvalue weighted by Crippen LogP contribution is 2.22. The number of ether oxygens (including phenoxy) is 2. The highest BCUT2D eigenvalue weighted by Gasteiger charge is 2.13. The Balaban J connectivity index is 2.21. The van der Waals surface area contributed by atoms with Gasteiger partial charge in [0.25, 0.3) is 0 Å². The summed E-state index contributed by atoms with van der Waals surface area (Å²) < 4.78 is 23.5. The summed E-state index contributed by atoms with van der Waals surface area (Å²) >= 11 is 0. The molecule has 0 unspecified atom stereocenters. The number of pyridine rings is 1. The van der Waals surface area contributed by atoms with E-state index in [9.17, 15) is 9.18 Å². The fraction of sp³-hybridized carbons (Fsp3) is 0.143. The van der Waals surface area contributed by atoms with Gasteiger partial charge in [0.05, 0.1) is 12.7 Å². The molecule has 2 aromatic rings. The molecular formula is C14H12FNO4. The second-order valence-corrected chi connectivity index (χ2v) is 3.91. The molecule has 0 aliphatic rings. The largest absolute Gasteiger partial charge is 0.488 e. The van der Waals surface area contributed by atoms with Gasteiger partial charge in [-0.15, -0.1) is 0 Å². The first-order valence-electron chi connectivity index (χ1n) is 5.75. The van der Waals surface area contributed by atoms with Crippen LogP contribution in [0.1, 0.15) is 15.9 Å². The number of hydrogen-bond acceptors (Lipinski definition) is 4. The number of halogens is 1. The summed E-state index contributed by atoms with van der Waals surface area (Å²) in [5.74, 6) is -1.40. The van der Waals surface area contributed by atoms with E-state index in [0.29, 0.717) is 11.4 Å². The van der Waals surface area contributed by atoms with Gasteiger partial charge in [0.15, 0.2) is 0 Å². The first-order valence-corrected chi connectivity index (χ1v) is 5.75. The predicted octanol–water partition coefficient (Wildman–Crippen LogP) is 2.51. The van der Waals surface area contributed by atoms with E-state index in [1.807, 2.05) is 0 Å². The third-order valence-corrected chi connectivity index (χ3v) is 2.60. The summed E-state index contributed by atoms with van der Waals surface area (Å²) in [6.07, 6.45) is 1.57. The zero-order chi connectivity index (χ0) is 14.5. The second-order valence-electron chi connectivity index (χ2n) is 3.91. The first kappa shape index (κ1) is 13.8. The van der Waals surface area contributed by atoms with E-state index >= 15 is 0 Å². The van der Waals surface area contributed by atoms with Gasteiger partial charge < -0.3 is 14.6 Å². The SMILES string of the molecule is COc1ncccc1COc1ccc(F)cc1C(=O)O. The second kappa shape index (κ2) is 6.01. The van der Waals surface area contributed by atoms with Crippen molar-refractivity contribution in [1.29, 1.82) is 0 Å². The highest BCUT2D eigenvalue weighted by atomic mass is 19.1. The lowest BCUT2D eigenvalue weighted by Gasteiger charge is -2.11. The van der Waals surface area contributed by atoms with Crippen molar-refractivity contribution in [1.82, 2.24) is 4.98 Å². The number of carboxylic acid groups (broad SMARTS) is 1. The van der Waals surface area contributed by atoms with E-state index < -0.39 is 11.8 Å². The summed E-state index contributed by atoms with van der Waals surface area (Å²) in [7, 11) is 1.48. The van der Waals surface area contributed by atoms with Crippen LogP contribution in [0.3, 0.4) is 0 Å². The lowest BCUT2D eigenvalue weighted by Crippen LogP contribution is -2.05. The third kappa shape index (κ3) is 3.03. The lowest BCUT2D eigenvalue weighted by atomic mass is 10.2. The Morgan fingerprint density at radius 3 is 2.90 bits per heavy atom. The molecule has 0 amide bonds. The highest BCUT2D eigenvalue weighted by molar-refractivity contribution is 5.90. The average Bonchev–Trinajstić information content (AvgIpc) is 2.46. The summed E-state index contributed by atoms with van der Waals surface area (Å²) in [6, 6.07) is 6.79. The molecule has 1 aromatic carbocycles. The normalized spacial score (nSPS) is 10.1. The summed E-state index contributed by atoms with van der Waals surface area (Å²) in [4.78, 5) is 15.0. The van der Waals surface area contributed by atoms with E-state index in [2.05, 4.69) is 4.98 Å². The molecule has 0 bridgehead atoms. The molecule has 6 heteroatoms. The number of methoxy groups -OCH3 is 1. The molecule has 0 spiro atoms. The number of aromatic carboxylic acids is 1. The van der Waals surface area contributed by atoms with Crippen molar-refractivity contribution in [2.75, 3.05) is 7.11 Å². The molecule has 1 aromatic heterocycles. The molecule has 0 atom stereocenters. The van der Waals surface area contributed by atoms with Crippen molar-refractivity contribution in [2.24, 2.45) is 0 Å². The van der Waals surface area contributed by atoms with Crippen LogP contribution in [0.2, 0.25) is 0 Å². The van der Waals surface area contributed by atoms with Gasteiger partial charge >= 0.3 is 5.97 Å². The molecular weight excluding hydrogens is 265 g/mol. The van der Waals surface area contributed by atoms with E-state index in [1.54, 1.807) is 18.3 Å². The molecule has 0 saturated carbocycles. The molecule has 0 aliphatic heterocycles. The number of carboxylic acids is 1. The number of benzene rings is 1. The fourth-order valence-electron chi connectivity index (χ4n) is 1.67. The Hall–Kier alpha value is -2.63. The summed E-state index contributed by atoms with van der Waals surface area (Å²) in [5, 5.41) is 9.00. The lowest BCUT2D eigenvalue weighted by molar-refractivity contribution is 0.0691. The van der Waals surface area contributed by atoms with Crippen molar-refractivity contribution in [3.8, 4) is 11.6 Å². The minimum atomic E-state index is -1.25. The maximum absolute atomic E-state index is 13.0. The zero-order valence-electron chi connectivity index (χ0n) is 10.7. The maximum Gasteiger partial charge on any atom is 0.339 e. The fourth-order valence-corrected chi connectivity index (χ4v) is 1.67. The van der Waals surface area contributed by atoms with Crippen molar-refractivity contribution < 1.29 is 23.8 Å². The predicted molar refractivity (Wildman–Crippen MR) is 68.5 cm³/mol. The van der Waals surface area contributed by atoms with E-state index in [4.69, 9.17) is 14.6 Å². The van der Waals surface area contributed by atoms with Crippen LogP contribution >= 0.6 is 0 Å². The standard InChI is InChI=1S/C14H12FNO4/c1-19-13-9(3-2-6-16-13)8-20-12-5-4-10(15)7-11(12)14(17)18/h2-7H,8H2,1H3,(H,17,18).